The summed E-state index contributed by atoms with van der Waals surface area (Å²) in [5.41, 5.74) is 1.94. The molecule has 1 fully saturated rings. The lowest BCUT2D eigenvalue weighted by Gasteiger charge is -2.36. The van der Waals surface area contributed by atoms with Gasteiger partial charge in [0, 0.05) is 31.2 Å². The Kier molecular flexibility index (Phi) is 5.55. The average Bonchev–Trinajstić information content (AvgIpc) is 2.73. The number of piperazine rings is 1. The van der Waals surface area contributed by atoms with E-state index in [0.717, 1.165) is 16.9 Å². The van der Waals surface area contributed by atoms with Crippen molar-refractivity contribution in [1.82, 2.24) is 9.21 Å². The van der Waals surface area contributed by atoms with E-state index in [-0.39, 0.29) is 29.8 Å². The molecular formula is C21H23ClN2O4S. The van der Waals surface area contributed by atoms with Crippen LogP contribution in [-0.2, 0) is 21.2 Å². The molecule has 0 unspecified atom stereocenters. The van der Waals surface area contributed by atoms with Gasteiger partial charge < -0.3 is 9.64 Å². The number of fused-ring (bicyclic) bond motifs is 1. The maximum Gasteiger partial charge on any atom is 0.243 e. The van der Waals surface area contributed by atoms with E-state index in [4.69, 9.17) is 16.3 Å². The summed E-state index contributed by atoms with van der Waals surface area (Å²) < 4.78 is 32.9. The Bertz CT molecular complexity index is 1020. The molecule has 2 aromatic rings. The predicted molar refractivity (Wildman–Crippen MR) is 111 cm³/mol. The summed E-state index contributed by atoms with van der Waals surface area (Å²) in [7, 11) is -3.54. The molecule has 2 heterocycles. The molecule has 0 aliphatic carbocycles. The van der Waals surface area contributed by atoms with Crippen molar-refractivity contribution in [3.8, 4) is 5.75 Å². The predicted octanol–water partition coefficient (Wildman–Crippen LogP) is 2.73. The van der Waals surface area contributed by atoms with Crippen molar-refractivity contribution in [2.45, 2.75) is 18.2 Å². The third-order valence-electron chi connectivity index (χ3n) is 5.49. The van der Waals surface area contributed by atoms with Gasteiger partial charge in [0.1, 0.15) is 12.4 Å². The Morgan fingerprint density at radius 1 is 1.07 bits per heavy atom. The largest absolute Gasteiger partial charge is 0.492 e. The summed E-state index contributed by atoms with van der Waals surface area (Å²) in [6.45, 7) is 3.58. The smallest absolute Gasteiger partial charge is 0.243 e. The summed E-state index contributed by atoms with van der Waals surface area (Å²) in [6.07, 6.45) is 0.580. The maximum atomic E-state index is 13.0. The van der Waals surface area contributed by atoms with Crippen LogP contribution in [-0.4, -0.2) is 56.3 Å². The molecule has 29 heavy (non-hydrogen) atoms. The second-order valence-electron chi connectivity index (χ2n) is 7.51. The number of hydrogen-bond donors (Lipinski definition) is 0. The number of hydrogen-bond acceptors (Lipinski definition) is 4. The fraction of sp³-hybridized carbons (Fsp3) is 0.381. The minimum Gasteiger partial charge on any atom is -0.492 e. The first-order chi connectivity index (χ1) is 13.8. The fourth-order valence-corrected chi connectivity index (χ4v) is 5.40. The van der Waals surface area contributed by atoms with Crippen molar-refractivity contribution in [1.29, 1.82) is 0 Å². The molecule has 4 rings (SSSR count). The van der Waals surface area contributed by atoms with E-state index in [0.29, 0.717) is 31.1 Å². The van der Waals surface area contributed by atoms with E-state index in [1.807, 2.05) is 19.1 Å². The number of nitrogens with zero attached hydrogens (tertiary/aromatic N) is 2. The van der Waals surface area contributed by atoms with Crippen LogP contribution >= 0.6 is 11.6 Å². The molecule has 0 N–H and O–H groups in total. The highest BCUT2D eigenvalue weighted by Crippen LogP contribution is 2.31. The molecule has 0 radical (unpaired) electrons. The van der Waals surface area contributed by atoms with E-state index < -0.39 is 10.0 Å². The van der Waals surface area contributed by atoms with Gasteiger partial charge in [-0.3, -0.25) is 4.79 Å². The summed E-state index contributed by atoms with van der Waals surface area (Å²) in [5, 5.41) is 0.621. The normalized spacial score (nSPS) is 20.1. The van der Waals surface area contributed by atoms with Crippen LogP contribution in [0, 0.1) is 12.8 Å². The van der Waals surface area contributed by atoms with Gasteiger partial charge in [0.05, 0.1) is 10.8 Å². The number of carbonyl (C=O) groups is 1. The monoisotopic (exact) mass is 434 g/mol. The van der Waals surface area contributed by atoms with Gasteiger partial charge in [0.15, 0.2) is 0 Å². The highest BCUT2D eigenvalue weighted by atomic mass is 35.5. The second-order valence-corrected chi connectivity index (χ2v) is 9.88. The topological polar surface area (TPSA) is 66.9 Å². The molecule has 154 valence electrons. The quantitative estimate of drug-likeness (QED) is 0.745. The lowest BCUT2D eigenvalue weighted by Crippen LogP contribution is -2.52. The molecule has 2 aliphatic rings. The van der Waals surface area contributed by atoms with Gasteiger partial charge in [-0.2, -0.15) is 4.31 Å². The lowest BCUT2D eigenvalue weighted by molar-refractivity contribution is -0.138. The third-order valence-corrected chi connectivity index (χ3v) is 7.64. The molecule has 1 saturated heterocycles. The molecule has 8 heteroatoms. The van der Waals surface area contributed by atoms with Crippen molar-refractivity contribution in [2.75, 3.05) is 32.8 Å². The Morgan fingerprint density at radius 2 is 1.76 bits per heavy atom. The zero-order valence-corrected chi connectivity index (χ0v) is 17.7. The minimum absolute atomic E-state index is 0.00279. The van der Waals surface area contributed by atoms with Gasteiger partial charge in [-0.1, -0.05) is 29.3 Å². The molecule has 0 aromatic heterocycles. The molecule has 1 atom stereocenters. The first kappa shape index (κ1) is 20.2. The lowest BCUT2D eigenvalue weighted by atomic mass is 9.95. The third kappa shape index (κ3) is 4.13. The van der Waals surface area contributed by atoms with Gasteiger partial charge in [0.25, 0.3) is 0 Å². The molecular weight excluding hydrogens is 412 g/mol. The molecule has 0 spiro atoms. The fourth-order valence-electron chi connectivity index (χ4n) is 3.79. The number of benzene rings is 2. The maximum absolute atomic E-state index is 13.0. The Hall–Kier alpha value is -2.09. The van der Waals surface area contributed by atoms with Crippen LogP contribution in [0.2, 0.25) is 5.02 Å². The van der Waals surface area contributed by atoms with Crippen molar-refractivity contribution in [2.24, 2.45) is 5.92 Å². The number of amides is 1. The number of sulfonamides is 1. The van der Waals surface area contributed by atoms with Gasteiger partial charge in [-0.05, 0) is 49.2 Å². The van der Waals surface area contributed by atoms with Crippen molar-refractivity contribution in [3.05, 3.63) is 58.6 Å². The van der Waals surface area contributed by atoms with Gasteiger partial charge in [0.2, 0.25) is 15.9 Å². The van der Waals surface area contributed by atoms with E-state index in [1.165, 1.54) is 4.31 Å². The van der Waals surface area contributed by atoms with Crippen LogP contribution in [0.5, 0.6) is 5.75 Å². The molecule has 1 amide bonds. The Labute approximate surface area is 176 Å². The van der Waals surface area contributed by atoms with Crippen molar-refractivity contribution in [3.63, 3.8) is 0 Å². The number of aryl methyl sites for hydroxylation is 1. The first-order valence-corrected chi connectivity index (χ1v) is 11.4. The molecule has 0 saturated carbocycles. The van der Waals surface area contributed by atoms with E-state index in [9.17, 15) is 13.2 Å². The highest BCUT2D eigenvalue weighted by molar-refractivity contribution is 7.89. The zero-order chi connectivity index (χ0) is 20.6. The molecule has 0 bridgehead atoms. The van der Waals surface area contributed by atoms with Crippen LogP contribution < -0.4 is 4.74 Å². The van der Waals surface area contributed by atoms with Gasteiger partial charge >= 0.3 is 0 Å². The zero-order valence-electron chi connectivity index (χ0n) is 16.2. The van der Waals surface area contributed by atoms with Crippen LogP contribution in [0.1, 0.15) is 11.1 Å². The second kappa shape index (κ2) is 7.97. The van der Waals surface area contributed by atoms with Crippen LogP contribution in [0.3, 0.4) is 0 Å². The minimum atomic E-state index is -3.54. The number of halogens is 1. The summed E-state index contributed by atoms with van der Waals surface area (Å²) in [6, 6.07) is 12.3. The highest BCUT2D eigenvalue weighted by Gasteiger charge is 2.34. The summed E-state index contributed by atoms with van der Waals surface area (Å²) in [4.78, 5) is 15.0. The number of rotatable bonds is 3. The van der Waals surface area contributed by atoms with Gasteiger partial charge in [-0.15, -0.1) is 0 Å². The summed E-state index contributed by atoms with van der Waals surface area (Å²) in [5.74, 6) is 0.497. The molecule has 2 aromatic carbocycles. The molecule has 6 nitrogen and oxygen atoms in total. The van der Waals surface area contributed by atoms with Crippen molar-refractivity contribution < 1.29 is 17.9 Å². The molecule has 2 aliphatic heterocycles. The number of ether oxygens (including phenoxy) is 1. The average molecular weight is 435 g/mol. The number of carbonyl (C=O) groups excluding carboxylic acids is 1. The standard InChI is InChI=1S/C21H23ClN2O4S/c1-15-2-5-19(6-3-15)29(26,27)24-10-8-23(9-11-24)21(25)17-12-16-13-18(22)4-7-20(16)28-14-17/h2-7,13,17H,8-12,14H2,1H3/t17-/m1/s1. The summed E-state index contributed by atoms with van der Waals surface area (Å²) >= 11 is 6.06. The Morgan fingerprint density at radius 3 is 2.45 bits per heavy atom. The van der Waals surface area contributed by atoms with Crippen LogP contribution in [0.4, 0.5) is 0 Å². The Balaban J connectivity index is 1.39. The van der Waals surface area contributed by atoms with Gasteiger partial charge in [-0.25, -0.2) is 8.42 Å². The van der Waals surface area contributed by atoms with Crippen LogP contribution in [0.25, 0.3) is 0 Å². The van der Waals surface area contributed by atoms with Crippen molar-refractivity contribution >= 4 is 27.5 Å². The van der Waals surface area contributed by atoms with Crippen LogP contribution in [0.15, 0.2) is 47.4 Å². The van der Waals surface area contributed by atoms with E-state index >= 15 is 0 Å². The SMILES string of the molecule is Cc1ccc(S(=O)(=O)N2CCN(C(=O)[C@H]3COc4ccc(Cl)cc4C3)CC2)cc1. The first-order valence-electron chi connectivity index (χ1n) is 9.61. The van der Waals surface area contributed by atoms with E-state index in [1.54, 1.807) is 35.2 Å². The van der Waals surface area contributed by atoms with E-state index in [2.05, 4.69) is 0 Å².